The maximum Gasteiger partial charge on any atom is 0.244 e. The molecule has 0 saturated carbocycles. The summed E-state index contributed by atoms with van der Waals surface area (Å²) in [5.74, 6) is 0.233. The van der Waals surface area contributed by atoms with Gasteiger partial charge in [0.2, 0.25) is 10.0 Å². The molecule has 0 saturated heterocycles. The molecule has 1 aromatic rings. The molecule has 0 spiro atoms. The number of rotatable bonds is 7. The van der Waals surface area contributed by atoms with Gasteiger partial charge in [0, 0.05) is 30.7 Å². The summed E-state index contributed by atoms with van der Waals surface area (Å²) >= 11 is 12.4. The number of nitrogens with one attached hydrogen (secondary N) is 1. The molecule has 0 aliphatic carbocycles. The van der Waals surface area contributed by atoms with Crippen LogP contribution in [0.3, 0.4) is 0 Å². The van der Waals surface area contributed by atoms with Crippen LogP contribution in [0.1, 0.15) is 26.3 Å². The van der Waals surface area contributed by atoms with Gasteiger partial charge in [-0.3, -0.25) is 0 Å². The first-order chi connectivity index (χ1) is 9.71. The highest BCUT2D eigenvalue weighted by Crippen LogP contribution is 2.32. The van der Waals surface area contributed by atoms with Crippen molar-refractivity contribution in [3.05, 3.63) is 27.7 Å². The molecule has 0 heterocycles. The third-order valence-electron chi connectivity index (χ3n) is 3.01. The fourth-order valence-electron chi connectivity index (χ4n) is 1.97. The number of halogens is 2. The molecule has 0 amide bonds. The van der Waals surface area contributed by atoms with Crippen LogP contribution in [-0.2, 0) is 16.6 Å². The fraction of sp³-hybridized carbons (Fsp3) is 0.571. The highest BCUT2D eigenvalue weighted by molar-refractivity contribution is 7.89. The Labute approximate surface area is 137 Å². The molecule has 0 unspecified atom stereocenters. The van der Waals surface area contributed by atoms with Crippen LogP contribution in [0.15, 0.2) is 17.0 Å². The number of nitrogens with zero attached hydrogens (tertiary/aromatic N) is 1. The monoisotopic (exact) mass is 352 g/mol. The molecule has 0 aromatic heterocycles. The van der Waals surface area contributed by atoms with Crippen LogP contribution >= 0.6 is 23.2 Å². The average molecular weight is 353 g/mol. The first-order valence-electron chi connectivity index (χ1n) is 6.85. The van der Waals surface area contributed by atoms with Gasteiger partial charge < -0.3 is 5.32 Å². The third kappa shape index (κ3) is 4.57. The number of sulfonamides is 1. The SMILES string of the molecule is CCNCc1c(Cl)ccc(S(=O)(=O)N(C)CC(C)C)c1Cl. The second-order valence-electron chi connectivity index (χ2n) is 5.30. The molecule has 7 heteroatoms. The van der Waals surface area contributed by atoms with E-state index in [-0.39, 0.29) is 15.8 Å². The van der Waals surface area contributed by atoms with E-state index < -0.39 is 10.0 Å². The molecular weight excluding hydrogens is 331 g/mol. The topological polar surface area (TPSA) is 49.4 Å². The van der Waals surface area contributed by atoms with E-state index in [9.17, 15) is 8.42 Å². The zero-order valence-electron chi connectivity index (χ0n) is 12.8. The summed E-state index contributed by atoms with van der Waals surface area (Å²) in [4.78, 5) is 0.101. The van der Waals surface area contributed by atoms with Gasteiger partial charge in [-0.2, -0.15) is 0 Å². The van der Waals surface area contributed by atoms with Crippen LogP contribution in [0.4, 0.5) is 0 Å². The molecule has 0 aliphatic heterocycles. The van der Waals surface area contributed by atoms with Crippen LogP contribution < -0.4 is 5.32 Å². The minimum atomic E-state index is -3.61. The molecule has 1 aromatic carbocycles. The Hall–Kier alpha value is -0.330. The molecule has 1 N–H and O–H groups in total. The van der Waals surface area contributed by atoms with E-state index in [4.69, 9.17) is 23.2 Å². The van der Waals surface area contributed by atoms with Gasteiger partial charge >= 0.3 is 0 Å². The molecule has 21 heavy (non-hydrogen) atoms. The number of hydrogen-bond acceptors (Lipinski definition) is 3. The Morgan fingerprint density at radius 1 is 1.29 bits per heavy atom. The van der Waals surface area contributed by atoms with Crippen molar-refractivity contribution >= 4 is 33.2 Å². The van der Waals surface area contributed by atoms with Gasteiger partial charge in [-0.25, -0.2) is 12.7 Å². The van der Waals surface area contributed by atoms with Crippen LogP contribution in [0.2, 0.25) is 10.0 Å². The fourth-order valence-corrected chi connectivity index (χ4v) is 4.18. The Kier molecular flexibility index (Phi) is 6.94. The van der Waals surface area contributed by atoms with E-state index in [2.05, 4.69) is 5.32 Å². The lowest BCUT2D eigenvalue weighted by Gasteiger charge is -2.21. The standard InChI is InChI=1S/C14H22Cl2N2O2S/c1-5-17-8-11-12(15)6-7-13(14(11)16)21(19,20)18(4)9-10(2)3/h6-7,10,17H,5,8-9H2,1-4H3. The largest absolute Gasteiger partial charge is 0.313 e. The lowest BCUT2D eigenvalue weighted by Crippen LogP contribution is -2.30. The minimum Gasteiger partial charge on any atom is -0.313 e. The number of benzene rings is 1. The van der Waals surface area contributed by atoms with Gasteiger partial charge in [0.15, 0.2) is 0 Å². The molecule has 0 aliphatic rings. The zero-order valence-corrected chi connectivity index (χ0v) is 15.1. The summed E-state index contributed by atoms with van der Waals surface area (Å²) in [6.45, 7) is 7.50. The van der Waals surface area contributed by atoms with Gasteiger partial charge in [-0.1, -0.05) is 44.0 Å². The molecule has 0 radical (unpaired) electrons. The Balaban J connectivity index is 3.24. The van der Waals surface area contributed by atoms with E-state index in [0.717, 1.165) is 6.54 Å². The van der Waals surface area contributed by atoms with Crippen molar-refractivity contribution in [2.75, 3.05) is 20.1 Å². The quantitative estimate of drug-likeness (QED) is 0.818. The molecule has 1 rings (SSSR count). The molecule has 0 atom stereocenters. The molecule has 0 fully saturated rings. The smallest absolute Gasteiger partial charge is 0.244 e. The second kappa shape index (κ2) is 7.79. The third-order valence-corrected chi connectivity index (χ3v) is 5.78. The van der Waals surface area contributed by atoms with E-state index in [1.54, 1.807) is 13.1 Å². The summed E-state index contributed by atoms with van der Waals surface area (Å²) in [6.07, 6.45) is 0. The second-order valence-corrected chi connectivity index (χ2v) is 8.10. The minimum absolute atomic E-state index is 0.101. The summed E-state index contributed by atoms with van der Waals surface area (Å²) in [7, 11) is -2.05. The van der Waals surface area contributed by atoms with E-state index in [1.807, 2.05) is 20.8 Å². The Bertz CT molecular complexity index is 589. The maximum absolute atomic E-state index is 12.6. The highest BCUT2D eigenvalue weighted by Gasteiger charge is 2.26. The predicted molar refractivity (Wildman–Crippen MR) is 88.5 cm³/mol. The zero-order chi connectivity index (χ0) is 16.2. The Morgan fingerprint density at radius 2 is 1.90 bits per heavy atom. The van der Waals surface area contributed by atoms with Crippen molar-refractivity contribution in [2.45, 2.75) is 32.2 Å². The van der Waals surface area contributed by atoms with Crippen LogP contribution in [0, 0.1) is 5.92 Å². The van der Waals surface area contributed by atoms with Crippen molar-refractivity contribution in [1.29, 1.82) is 0 Å². The van der Waals surface area contributed by atoms with Crippen LogP contribution in [0.25, 0.3) is 0 Å². The van der Waals surface area contributed by atoms with Crippen LogP contribution in [0.5, 0.6) is 0 Å². The average Bonchev–Trinajstić information content (AvgIpc) is 2.37. The van der Waals surface area contributed by atoms with Gasteiger partial charge in [-0.05, 0) is 24.6 Å². The molecule has 0 bridgehead atoms. The van der Waals surface area contributed by atoms with Crippen LogP contribution in [-0.4, -0.2) is 32.9 Å². The van der Waals surface area contributed by atoms with Gasteiger partial charge in [0.25, 0.3) is 0 Å². The van der Waals surface area contributed by atoms with Gasteiger partial charge in [0.1, 0.15) is 4.90 Å². The van der Waals surface area contributed by atoms with Crippen molar-refractivity contribution in [3.8, 4) is 0 Å². The summed E-state index contributed by atoms with van der Waals surface area (Å²) < 4.78 is 26.5. The molecule has 120 valence electrons. The number of hydrogen-bond donors (Lipinski definition) is 1. The van der Waals surface area contributed by atoms with E-state index in [1.165, 1.54) is 10.4 Å². The summed E-state index contributed by atoms with van der Waals surface area (Å²) in [5.41, 5.74) is 0.610. The summed E-state index contributed by atoms with van der Waals surface area (Å²) in [5, 5.41) is 3.77. The first-order valence-corrected chi connectivity index (χ1v) is 9.05. The van der Waals surface area contributed by atoms with Crippen molar-refractivity contribution in [2.24, 2.45) is 5.92 Å². The highest BCUT2D eigenvalue weighted by atomic mass is 35.5. The predicted octanol–water partition coefficient (Wildman–Crippen LogP) is 3.38. The van der Waals surface area contributed by atoms with Crippen molar-refractivity contribution in [3.63, 3.8) is 0 Å². The van der Waals surface area contributed by atoms with Crippen molar-refractivity contribution < 1.29 is 8.42 Å². The first kappa shape index (κ1) is 18.7. The van der Waals surface area contributed by atoms with E-state index in [0.29, 0.717) is 23.7 Å². The van der Waals surface area contributed by atoms with Gasteiger partial charge in [-0.15, -0.1) is 0 Å². The van der Waals surface area contributed by atoms with Gasteiger partial charge in [0.05, 0.1) is 5.02 Å². The maximum atomic E-state index is 12.6. The molecular formula is C14H22Cl2N2O2S. The summed E-state index contributed by atoms with van der Waals surface area (Å²) in [6, 6.07) is 3.04. The molecule has 4 nitrogen and oxygen atoms in total. The normalized spacial score (nSPS) is 12.4. The lowest BCUT2D eigenvalue weighted by atomic mass is 10.2. The van der Waals surface area contributed by atoms with E-state index >= 15 is 0 Å². The Morgan fingerprint density at radius 3 is 2.43 bits per heavy atom. The lowest BCUT2D eigenvalue weighted by molar-refractivity contribution is 0.417. The van der Waals surface area contributed by atoms with Crippen molar-refractivity contribution in [1.82, 2.24) is 9.62 Å².